The number of rotatable bonds is 7. The lowest BCUT2D eigenvalue weighted by atomic mass is 9.94. The van der Waals surface area contributed by atoms with Crippen LogP contribution in [0.3, 0.4) is 0 Å². The van der Waals surface area contributed by atoms with Gasteiger partial charge in [-0.05, 0) is 42.6 Å². The second kappa shape index (κ2) is 7.84. The lowest BCUT2D eigenvalue weighted by Crippen LogP contribution is -2.30. The first-order chi connectivity index (χ1) is 10.2. The van der Waals surface area contributed by atoms with Crippen molar-refractivity contribution in [1.82, 2.24) is 5.32 Å². The fourth-order valence-electron chi connectivity index (χ4n) is 2.40. The molecule has 0 bridgehead atoms. The quantitative estimate of drug-likeness (QED) is 0.815. The zero-order chi connectivity index (χ0) is 15.1. The molecule has 1 N–H and O–H groups in total. The highest BCUT2D eigenvalue weighted by atomic mass is 16.5. The highest BCUT2D eigenvalue weighted by Crippen LogP contribution is 2.22. The molecule has 0 aliphatic carbocycles. The van der Waals surface area contributed by atoms with Crippen LogP contribution >= 0.6 is 0 Å². The van der Waals surface area contributed by atoms with Crippen molar-refractivity contribution >= 4 is 0 Å². The van der Waals surface area contributed by atoms with E-state index in [4.69, 9.17) is 4.74 Å². The Morgan fingerprint density at radius 2 is 1.62 bits per heavy atom. The van der Waals surface area contributed by atoms with Gasteiger partial charge in [0.15, 0.2) is 0 Å². The number of likely N-dealkylation sites (N-methyl/N-ethyl adjacent to an activating group) is 1. The van der Waals surface area contributed by atoms with Crippen molar-refractivity contribution in [2.24, 2.45) is 0 Å². The van der Waals surface area contributed by atoms with Gasteiger partial charge in [0.1, 0.15) is 12.4 Å². The second-order valence-corrected chi connectivity index (χ2v) is 5.48. The minimum absolute atomic E-state index is 0.478. The van der Waals surface area contributed by atoms with Crippen LogP contribution in [0.4, 0.5) is 0 Å². The SMILES string of the molecule is CCNC(C)C(C)c1ccc(OCc2ccccc2)cc1. The van der Waals surface area contributed by atoms with E-state index in [9.17, 15) is 0 Å². The van der Waals surface area contributed by atoms with Gasteiger partial charge >= 0.3 is 0 Å². The first-order valence-electron chi connectivity index (χ1n) is 7.70. The molecule has 0 heterocycles. The van der Waals surface area contributed by atoms with Crippen LogP contribution in [0.2, 0.25) is 0 Å². The Morgan fingerprint density at radius 3 is 2.24 bits per heavy atom. The molecule has 2 aromatic rings. The molecule has 0 spiro atoms. The third-order valence-electron chi connectivity index (χ3n) is 3.93. The summed E-state index contributed by atoms with van der Waals surface area (Å²) in [5, 5.41) is 3.47. The minimum atomic E-state index is 0.478. The van der Waals surface area contributed by atoms with E-state index in [1.54, 1.807) is 0 Å². The number of nitrogens with one attached hydrogen (secondary N) is 1. The van der Waals surface area contributed by atoms with Crippen LogP contribution in [-0.2, 0) is 6.61 Å². The van der Waals surface area contributed by atoms with Crippen molar-refractivity contribution in [3.8, 4) is 5.75 Å². The Morgan fingerprint density at radius 1 is 0.952 bits per heavy atom. The number of benzene rings is 2. The summed E-state index contributed by atoms with van der Waals surface area (Å²) in [7, 11) is 0. The Bertz CT molecular complexity index is 521. The zero-order valence-corrected chi connectivity index (χ0v) is 13.2. The zero-order valence-electron chi connectivity index (χ0n) is 13.2. The molecule has 2 unspecified atom stereocenters. The van der Waals surface area contributed by atoms with Crippen LogP contribution in [0.25, 0.3) is 0 Å². The monoisotopic (exact) mass is 283 g/mol. The predicted octanol–water partition coefficient (Wildman–Crippen LogP) is 4.37. The maximum absolute atomic E-state index is 5.82. The smallest absolute Gasteiger partial charge is 0.119 e. The van der Waals surface area contributed by atoms with E-state index >= 15 is 0 Å². The minimum Gasteiger partial charge on any atom is -0.489 e. The molecule has 0 fully saturated rings. The van der Waals surface area contributed by atoms with Crippen molar-refractivity contribution in [1.29, 1.82) is 0 Å². The van der Waals surface area contributed by atoms with E-state index in [0.717, 1.165) is 12.3 Å². The Hall–Kier alpha value is -1.80. The number of hydrogen-bond donors (Lipinski definition) is 1. The summed E-state index contributed by atoms with van der Waals surface area (Å²) in [6, 6.07) is 19.2. The van der Waals surface area contributed by atoms with Crippen molar-refractivity contribution < 1.29 is 4.74 Å². The largest absolute Gasteiger partial charge is 0.489 e. The van der Waals surface area contributed by atoms with Gasteiger partial charge < -0.3 is 10.1 Å². The summed E-state index contributed by atoms with van der Waals surface area (Å²) in [5.41, 5.74) is 2.53. The molecule has 2 aromatic carbocycles. The molecule has 0 aliphatic heterocycles. The van der Waals surface area contributed by atoms with Crippen LogP contribution in [-0.4, -0.2) is 12.6 Å². The van der Waals surface area contributed by atoms with Crippen molar-refractivity contribution in [3.05, 3.63) is 65.7 Å². The normalized spacial score (nSPS) is 13.7. The fraction of sp³-hybridized carbons (Fsp3) is 0.368. The first-order valence-corrected chi connectivity index (χ1v) is 7.70. The van der Waals surface area contributed by atoms with Gasteiger partial charge in [-0.1, -0.05) is 56.3 Å². The highest BCUT2D eigenvalue weighted by molar-refractivity contribution is 5.30. The molecule has 0 saturated carbocycles. The summed E-state index contributed by atoms with van der Waals surface area (Å²) in [5.74, 6) is 1.42. The van der Waals surface area contributed by atoms with Crippen LogP contribution in [0.1, 0.15) is 37.8 Å². The lowest BCUT2D eigenvalue weighted by molar-refractivity contribution is 0.306. The van der Waals surface area contributed by atoms with Crippen molar-refractivity contribution in [3.63, 3.8) is 0 Å². The third kappa shape index (κ3) is 4.61. The topological polar surface area (TPSA) is 21.3 Å². The lowest BCUT2D eigenvalue weighted by Gasteiger charge is -2.21. The number of ether oxygens (including phenoxy) is 1. The van der Waals surface area contributed by atoms with E-state index in [1.165, 1.54) is 11.1 Å². The van der Waals surface area contributed by atoms with Gasteiger partial charge in [-0.3, -0.25) is 0 Å². The molecule has 0 radical (unpaired) electrons. The summed E-state index contributed by atoms with van der Waals surface area (Å²) in [6.07, 6.45) is 0. The Labute approximate surface area is 128 Å². The molecule has 2 heteroatoms. The van der Waals surface area contributed by atoms with Gasteiger partial charge in [-0.15, -0.1) is 0 Å². The maximum atomic E-state index is 5.82. The average Bonchev–Trinajstić information content (AvgIpc) is 2.54. The Kier molecular flexibility index (Phi) is 5.82. The van der Waals surface area contributed by atoms with Gasteiger partial charge in [0, 0.05) is 6.04 Å². The van der Waals surface area contributed by atoms with Gasteiger partial charge in [0.05, 0.1) is 0 Å². The van der Waals surface area contributed by atoms with Gasteiger partial charge in [0.2, 0.25) is 0 Å². The summed E-state index contributed by atoms with van der Waals surface area (Å²) < 4.78 is 5.82. The van der Waals surface area contributed by atoms with Gasteiger partial charge in [-0.2, -0.15) is 0 Å². The van der Waals surface area contributed by atoms with E-state index < -0.39 is 0 Å². The van der Waals surface area contributed by atoms with Crippen LogP contribution in [0, 0.1) is 0 Å². The fourth-order valence-corrected chi connectivity index (χ4v) is 2.40. The molecular formula is C19H25NO. The molecule has 112 valence electrons. The van der Waals surface area contributed by atoms with E-state index in [-0.39, 0.29) is 0 Å². The summed E-state index contributed by atoms with van der Waals surface area (Å²) in [4.78, 5) is 0. The highest BCUT2D eigenvalue weighted by Gasteiger charge is 2.12. The second-order valence-electron chi connectivity index (χ2n) is 5.48. The van der Waals surface area contributed by atoms with Crippen LogP contribution < -0.4 is 10.1 Å². The summed E-state index contributed by atoms with van der Waals surface area (Å²) >= 11 is 0. The molecule has 2 rings (SSSR count). The van der Waals surface area contributed by atoms with E-state index in [1.807, 2.05) is 18.2 Å². The average molecular weight is 283 g/mol. The van der Waals surface area contributed by atoms with Crippen molar-refractivity contribution in [2.75, 3.05) is 6.54 Å². The molecule has 21 heavy (non-hydrogen) atoms. The van der Waals surface area contributed by atoms with E-state index in [2.05, 4.69) is 62.5 Å². The summed E-state index contributed by atoms with van der Waals surface area (Å²) in [6.45, 7) is 8.25. The van der Waals surface area contributed by atoms with Crippen molar-refractivity contribution in [2.45, 2.75) is 39.3 Å². The Balaban J connectivity index is 1.92. The van der Waals surface area contributed by atoms with Gasteiger partial charge in [0.25, 0.3) is 0 Å². The molecule has 0 amide bonds. The number of hydrogen-bond acceptors (Lipinski definition) is 2. The first kappa shape index (κ1) is 15.6. The standard InChI is InChI=1S/C19H25NO/c1-4-20-16(3)15(2)18-10-12-19(13-11-18)21-14-17-8-6-5-7-9-17/h5-13,15-16,20H,4,14H2,1-3H3. The molecule has 2 nitrogen and oxygen atoms in total. The molecule has 0 aliphatic rings. The van der Waals surface area contributed by atoms with Crippen LogP contribution in [0.15, 0.2) is 54.6 Å². The molecule has 0 aromatic heterocycles. The van der Waals surface area contributed by atoms with Crippen LogP contribution in [0.5, 0.6) is 5.75 Å². The van der Waals surface area contributed by atoms with Gasteiger partial charge in [-0.25, -0.2) is 0 Å². The third-order valence-corrected chi connectivity index (χ3v) is 3.93. The molecular weight excluding hydrogens is 258 g/mol. The molecule has 0 saturated heterocycles. The predicted molar refractivity (Wildman–Crippen MR) is 88.8 cm³/mol. The maximum Gasteiger partial charge on any atom is 0.119 e. The molecule has 2 atom stereocenters. The van der Waals surface area contributed by atoms with E-state index in [0.29, 0.717) is 18.6 Å².